The van der Waals surface area contributed by atoms with E-state index in [9.17, 15) is 0 Å². The van der Waals surface area contributed by atoms with E-state index < -0.39 is 0 Å². The van der Waals surface area contributed by atoms with Crippen molar-refractivity contribution in [2.75, 3.05) is 0 Å². The standard InChI is InChI=1S/C51H38N4OS/c1-3-12-31(13-4-1)49-52-50(32-14-5-2-6-15-32)54-51(53-49)35-22-25-38-39-28-34(24-27-46(39)57-47(38)30-35)33-23-26-44-40(29-33)48-43(20-11-21-45(48)56-44)55-41-18-9-7-16-36(41)37-17-8-10-19-42(37)55/h1,3-5,7-19,21-30,43,50-51,54H,2,6,20H2,(H,52,53). The van der Waals surface area contributed by atoms with Crippen molar-refractivity contribution in [2.45, 2.75) is 37.6 Å². The largest absolute Gasteiger partial charge is 0.456 e. The molecule has 2 N–H and O–H groups in total. The summed E-state index contributed by atoms with van der Waals surface area (Å²) in [6.45, 7) is 0. The quantitative estimate of drug-likeness (QED) is 0.184. The predicted octanol–water partition coefficient (Wildman–Crippen LogP) is 12.8. The summed E-state index contributed by atoms with van der Waals surface area (Å²) in [5.41, 5.74) is 10.6. The molecule has 2 aliphatic carbocycles. The fourth-order valence-corrected chi connectivity index (χ4v) is 10.5. The maximum atomic E-state index is 6.56. The molecule has 9 aromatic rings. The van der Waals surface area contributed by atoms with Crippen LogP contribution in [0.1, 0.15) is 53.9 Å². The monoisotopic (exact) mass is 754 g/mol. The van der Waals surface area contributed by atoms with Gasteiger partial charge in [0.25, 0.3) is 0 Å². The zero-order valence-corrected chi connectivity index (χ0v) is 32.0. The molecule has 3 aromatic heterocycles. The molecule has 0 radical (unpaired) electrons. The van der Waals surface area contributed by atoms with Gasteiger partial charge in [0.2, 0.25) is 0 Å². The van der Waals surface area contributed by atoms with Crippen LogP contribution in [0.3, 0.4) is 0 Å². The van der Waals surface area contributed by atoms with Gasteiger partial charge >= 0.3 is 0 Å². The molecule has 3 unspecified atom stereocenters. The van der Waals surface area contributed by atoms with E-state index >= 15 is 0 Å². The van der Waals surface area contributed by atoms with Crippen LogP contribution in [-0.4, -0.2) is 16.6 Å². The van der Waals surface area contributed by atoms with E-state index in [4.69, 9.17) is 9.41 Å². The molecule has 0 fully saturated rings. The zero-order valence-electron chi connectivity index (χ0n) is 31.2. The Kier molecular flexibility index (Phi) is 7.50. The minimum Gasteiger partial charge on any atom is -0.456 e. The molecule has 0 amide bonds. The number of amidine groups is 1. The van der Waals surface area contributed by atoms with E-state index in [2.05, 4.69) is 179 Å². The van der Waals surface area contributed by atoms with E-state index in [0.29, 0.717) is 0 Å². The van der Waals surface area contributed by atoms with E-state index in [0.717, 1.165) is 42.0 Å². The number of aromatic nitrogens is 1. The summed E-state index contributed by atoms with van der Waals surface area (Å²) in [6, 6.07) is 48.8. The second kappa shape index (κ2) is 13.1. The Morgan fingerprint density at radius 3 is 2.21 bits per heavy atom. The van der Waals surface area contributed by atoms with Crippen molar-refractivity contribution >= 4 is 76.2 Å². The lowest BCUT2D eigenvalue weighted by Gasteiger charge is -2.33. The van der Waals surface area contributed by atoms with Crippen molar-refractivity contribution in [3.63, 3.8) is 0 Å². The van der Waals surface area contributed by atoms with E-state index in [1.165, 1.54) is 75.2 Å². The number of nitrogens with zero attached hydrogens (tertiary/aromatic N) is 2. The molecule has 3 atom stereocenters. The molecule has 3 aliphatic rings. The van der Waals surface area contributed by atoms with Gasteiger partial charge < -0.3 is 14.3 Å². The number of allylic oxidation sites excluding steroid dienone is 3. The third-order valence-corrected chi connectivity index (χ3v) is 13.2. The number of rotatable bonds is 5. The van der Waals surface area contributed by atoms with Gasteiger partial charge in [-0.15, -0.1) is 11.3 Å². The number of aliphatic imine (C=N–C) groups is 1. The van der Waals surface area contributed by atoms with Crippen molar-refractivity contribution in [3.05, 3.63) is 186 Å². The number of para-hydroxylation sites is 2. The summed E-state index contributed by atoms with van der Waals surface area (Å²) in [7, 11) is 0. The summed E-state index contributed by atoms with van der Waals surface area (Å²) in [4.78, 5) is 5.13. The molecular formula is C51H38N4OS. The van der Waals surface area contributed by atoms with Crippen molar-refractivity contribution in [1.29, 1.82) is 0 Å². The second-order valence-corrected chi connectivity index (χ2v) is 16.5. The minimum atomic E-state index is -0.116. The zero-order chi connectivity index (χ0) is 37.5. The lowest BCUT2D eigenvalue weighted by atomic mass is 9.93. The Balaban J connectivity index is 0.916. The topological polar surface area (TPSA) is 54.5 Å². The van der Waals surface area contributed by atoms with Crippen LogP contribution in [0.25, 0.3) is 70.2 Å². The van der Waals surface area contributed by atoms with Gasteiger partial charge in [0.1, 0.15) is 29.5 Å². The fraction of sp³-hybridized carbons (Fsp3) is 0.118. The molecule has 12 rings (SSSR count). The SMILES string of the molecule is C1=CC(C2N=C(c3ccccc3)NC(c3ccc4c(c3)sc3ccc(-c5ccc6oc7c(c6c5)C(n5c6ccccc6c6ccccc65)CC=C7)cc34)N2)=CCC1. The molecule has 4 heterocycles. The normalized spacial score (nSPS) is 19.3. The van der Waals surface area contributed by atoms with E-state index in [1.807, 2.05) is 11.3 Å². The summed E-state index contributed by atoms with van der Waals surface area (Å²) in [6.07, 6.45) is 14.1. The smallest absolute Gasteiger partial charge is 0.135 e. The molecule has 0 bridgehead atoms. The molecular weight excluding hydrogens is 717 g/mol. The average molecular weight is 755 g/mol. The first-order valence-corrected chi connectivity index (χ1v) is 20.7. The number of furan rings is 1. The molecule has 1 aliphatic heterocycles. The number of hydrogen-bond acceptors (Lipinski definition) is 5. The van der Waals surface area contributed by atoms with Crippen LogP contribution in [0.4, 0.5) is 0 Å². The third-order valence-electron chi connectivity index (χ3n) is 12.1. The molecule has 0 saturated carbocycles. The van der Waals surface area contributed by atoms with Crippen LogP contribution < -0.4 is 10.6 Å². The molecule has 57 heavy (non-hydrogen) atoms. The second-order valence-electron chi connectivity index (χ2n) is 15.4. The lowest BCUT2D eigenvalue weighted by Crippen LogP contribution is -2.49. The van der Waals surface area contributed by atoms with Crippen LogP contribution >= 0.6 is 11.3 Å². The van der Waals surface area contributed by atoms with Crippen molar-refractivity contribution in [2.24, 2.45) is 4.99 Å². The summed E-state index contributed by atoms with van der Waals surface area (Å²) in [5.74, 6) is 1.87. The van der Waals surface area contributed by atoms with Crippen molar-refractivity contribution < 1.29 is 4.42 Å². The van der Waals surface area contributed by atoms with Gasteiger partial charge in [-0.25, -0.2) is 4.99 Å². The highest BCUT2D eigenvalue weighted by Crippen LogP contribution is 2.45. The number of nitrogens with one attached hydrogen (secondary N) is 2. The van der Waals surface area contributed by atoms with Gasteiger partial charge in [-0.2, -0.15) is 0 Å². The summed E-state index contributed by atoms with van der Waals surface area (Å²) >= 11 is 1.86. The van der Waals surface area contributed by atoms with Crippen LogP contribution in [0.5, 0.6) is 0 Å². The first-order chi connectivity index (χ1) is 28.2. The first kappa shape index (κ1) is 32.7. The van der Waals surface area contributed by atoms with Gasteiger partial charge in [-0.3, -0.25) is 5.32 Å². The van der Waals surface area contributed by atoms with Gasteiger partial charge in [0, 0.05) is 58.5 Å². The molecule has 0 saturated heterocycles. The Labute approximate surface area is 334 Å². The van der Waals surface area contributed by atoms with Crippen LogP contribution in [0, 0.1) is 0 Å². The number of fused-ring (bicyclic) bond motifs is 9. The Morgan fingerprint density at radius 2 is 1.40 bits per heavy atom. The Hall–Kier alpha value is -6.47. The summed E-state index contributed by atoms with van der Waals surface area (Å²) in [5, 5.41) is 13.9. The highest BCUT2D eigenvalue weighted by Gasteiger charge is 2.29. The highest BCUT2D eigenvalue weighted by atomic mass is 32.1. The number of thiophene rings is 1. The minimum absolute atomic E-state index is 0.0853. The van der Waals surface area contributed by atoms with Gasteiger partial charge in [0.15, 0.2) is 0 Å². The van der Waals surface area contributed by atoms with Gasteiger partial charge in [-0.05, 0) is 90.1 Å². The average Bonchev–Trinajstić information content (AvgIpc) is 3.95. The molecule has 0 spiro atoms. The van der Waals surface area contributed by atoms with Crippen molar-refractivity contribution in [3.8, 4) is 11.1 Å². The van der Waals surface area contributed by atoms with Crippen LogP contribution in [0.15, 0.2) is 173 Å². The Morgan fingerprint density at radius 1 is 0.632 bits per heavy atom. The molecule has 5 nitrogen and oxygen atoms in total. The van der Waals surface area contributed by atoms with Crippen molar-refractivity contribution in [1.82, 2.24) is 15.2 Å². The van der Waals surface area contributed by atoms with Crippen LogP contribution in [-0.2, 0) is 0 Å². The van der Waals surface area contributed by atoms with E-state index in [-0.39, 0.29) is 18.4 Å². The van der Waals surface area contributed by atoms with Crippen LogP contribution in [0.2, 0.25) is 0 Å². The molecule has 6 aromatic carbocycles. The molecule has 6 heteroatoms. The predicted molar refractivity (Wildman–Crippen MR) is 238 cm³/mol. The highest BCUT2D eigenvalue weighted by molar-refractivity contribution is 7.25. The van der Waals surface area contributed by atoms with E-state index in [1.54, 1.807) is 0 Å². The lowest BCUT2D eigenvalue weighted by molar-refractivity contribution is 0.434. The molecule has 274 valence electrons. The maximum Gasteiger partial charge on any atom is 0.135 e. The number of benzene rings is 6. The summed E-state index contributed by atoms with van der Waals surface area (Å²) < 4.78 is 11.7. The number of hydrogen-bond donors (Lipinski definition) is 2. The third kappa shape index (κ3) is 5.36. The first-order valence-electron chi connectivity index (χ1n) is 19.9. The van der Waals surface area contributed by atoms with Gasteiger partial charge in [0.05, 0.1) is 6.04 Å². The fourth-order valence-electron chi connectivity index (χ4n) is 9.36. The Bertz CT molecular complexity index is 3140. The maximum absolute atomic E-state index is 6.56. The van der Waals surface area contributed by atoms with Gasteiger partial charge in [-0.1, -0.05) is 115 Å².